The first-order valence-corrected chi connectivity index (χ1v) is 3.72. The van der Waals surface area contributed by atoms with Crippen LogP contribution < -0.4 is 0 Å². The van der Waals surface area contributed by atoms with E-state index in [2.05, 4.69) is 16.8 Å². The molecule has 0 saturated carbocycles. The van der Waals surface area contributed by atoms with Crippen molar-refractivity contribution in [3.05, 3.63) is 12.7 Å². The maximum atomic E-state index is 9.38. The highest BCUT2D eigenvalue weighted by Crippen LogP contribution is 2.19. The van der Waals surface area contributed by atoms with E-state index in [1.807, 2.05) is 0 Å². The van der Waals surface area contributed by atoms with Gasteiger partial charge in [0.05, 0.1) is 5.60 Å². The molecule has 0 aliphatic heterocycles. The molecule has 0 spiro atoms. The smallest absolute Gasteiger partial charge is 0.0651 e. The van der Waals surface area contributed by atoms with Crippen molar-refractivity contribution in [1.29, 1.82) is 0 Å². The van der Waals surface area contributed by atoms with Gasteiger partial charge < -0.3 is 5.11 Å². The van der Waals surface area contributed by atoms with Crippen LogP contribution in [0.15, 0.2) is 12.7 Å². The summed E-state index contributed by atoms with van der Waals surface area (Å²) in [5, 5.41) is 9.38. The molecule has 0 bridgehead atoms. The zero-order chi connectivity index (χ0) is 7.49. The molecule has 1 N–H and O–H groups in total. The number of hydrogen-bond donors (Lipinski definition) is 1. The van der Waals surface area contributed by atoms with E-state index in [-0.39, 0.29) is 5.92 Å². The lowest BCUT2D eigenvalue weighted by Crippen LogP contribution is -2.28. The van der Waals surface area contributed by atoms with Gasteiger partial charge in [-0.25, -0.2) is 0 Å². The maximum Gasteiger partial charge on any atom is 0.0651 e. The minimum Gasteiger partial charge on any atom is -0.390 e. The van der Waals surface area contributed by atoms with E-state index in [0.29, 0.717) is 0 Å². The molecule has 0 heterocycles. The molecule has 0 aliphatic rings. The van der Waals surface area contributed by atoms with E-state index >= 15 is 0 Å². The fourth-order valence-electron chi connectivity index (χ4n) is 0.622. The van der Waals surface area contributed by atoms with E-state index in [1.165, 1.54) is 0 Å². The molecule has 0 aromatic heterocycles. The largest absolute Gasteiger partial charge is 0.390 e. The van der Waals surface area contributed by atoms with Crippen molar-refractivity contribution in [1.82, 2.24) is 0 Å². The molecule has 0 fully saturated rings. The highest BCUT2D eigenvalue weighted by atomic mass is 28.1. The zero-order valence-electron chi connectivity index (χ0n) is 6.02. The molecule has 3 radical (unpaired) electrons. The molecule has 1 unspecified atom stereocenters. The fraction of sp³-hybridized carbons (Fsp3) is 0.714. The van der Waals surface area contributed by atoms with E-state index in [4.69, 9.17) is 0 Å². The van der Waals surface area contributed by atoms with Crippen molar-refractivity contribution < 1.29 is 5.11 Å². The third kappa shape index (κ3) is 2.82. The number of rotatable bonds is 3. The summed E-state index contributed by atoms with van der Waals surface area (Å²) in [5.41, 5.74) is -0.649. The van der Waals surface area contributed by atoms with E-state index in [0.717, 1.165) is 6.04 Å². The first-order chi connectivity index (χ1) is 4.02. The molecule has 0 rings (SSSR count). The summed E-state index contributed by atoms with van der Waals surface area (Å²) in [5.74, 6) is 0.133. The van der Waals surface area contributed by atoms with E-state index in [9.17, 15) is 5.11 Å². The van der Waals surface area contributed by atoms with Crippen molar-refractivity contribution in [2.75, 3.05) is 0 Å². The van der Waals surface area contributed by atoms with Gasteiger partial charge in [-0.1, -0.05) is 12.1 Å². The lowest BCUT2D eigenvalue weighted by Gasteiger charge is -2.24. The summed E-state index contributed by atoms with van der Waals surface area (Å²) in [6.07, 6.45) is 1.76. The van der Waals surface area contributed by atoms with Gasteiger partial charge in [0.25, 0.3) is 0 Å². The van der Waals surface area contributed by atoms with Crippen molar-refractivity contribution in [3.63, 3.8) is 0 Å². The van der Waals surface area contributed by atoms with Crippen LogP contribution >= 0.6 is 0 Å². The van der Waals surface area contributed by atoms with Crippen LogP contribution in [0.2, 0.25) is 6.04 Å². The Labute approximate surface area is 60.2 Å². The van der Waals surface area contributed by atoms with Gasteiger partial charge in [-0.2, -0.15) is 0 Å². The Hall–Kier alpha value is -0.0831. The third-order valence-electron chi connectivity index (χ3n) is 1.41. The third-order valence-corrected chi connectivity index (χ3v) is 1.85. The summed E-state index contributed by atoms with van der Waals surface area (Å²) in [6, 6.07) is 0.757. The fourth-order valence-corrected chi connectivity index (χ4v) is 1.29. The summed E-state index contributed by atoms with van der Waals surface area (Å²) in [7, 11) is 3.33. The summed E-state index contributed by atoms with van der Waals surface area (Å²) >= 11 is 0. The lowest BCUT2D eigenvalue weighted by atomic mass is 9.93. The maximum absolute atomic E-state index is 9.38. The second-order valence-corrected chi connectivity index (χ2v) is 3.11. The van der Waals surface area contributed by atoms with E-state index < -0.39 is 5.60 Å². The second kappa shape index (κ2) is 3.18. The van der Waals surface area contributed by atoms with Crippen molar-refractivity contribution in [2.45, 2.75) is 25.5 Å². The Bertz CT molecular complexity index is 93.6. The van der Waals surface area contributed by atoms with Crippen molar-refractivity contribution in [3.8, 4) is 0 Å². The first-order valence-electron chi connectivity index (χ1n) is 3.02. The van der Waals surface area contributed by atoms with Crippen LogP contribution in [0.5, 0.6) is 0 Å². The Morgan fingerprint density at radius 1 is 1.78 bits per heavy atom. The van der Waals surface area contributed by atoms with Gasteiger partial charge in [-0.15, -0.1) is 6.58 Å². The molecule has 51 valence electrons. The number of hydrogen-bond acceptors (Lipinski definition) is 1. The molecule has 1 nitrogen and oxygen atoms in total. The highest BCUT2D eigenvalue weighted by molar-refractivity contribution is 6.08. The monoisotopic (exact) mass is 141 g/mol. The Morgan fingerprint density at radius 3 is 2.22 bits per heavy atom. The van der Waals surface area contributed by atoms with Gasteiger partial charge in [0.2, 0.25) is 0 Å². The van der Waals surface area contributed by atoms with Gasteiger partial charge in [-0.05, 0) is 13.8 Å². The Balaban J connectivity index is 3.94. The van der Waals surface area contributed by atoms with Crippen LogP contribution in [-0.4, -0.2) is 21.0 Å². The predicted molar refractivity (Wildman–Crippen MR) is 40.5 cm³/mol. The molecule has 1 atom stereocenters. The zero-order valence-corrected chi connectivity index (χ0v) is 7.02. The standard InChI is InChI=1S/C7H13OSi/c1-4-6(5-9)7(2,3)8/h4,6,8H,1,5H2,2-3H3. The predicted octanol–water partition coefficient (Wildman–Crippen LogP) is 1.15. The van der Waals surface area contributed by atoms with Gasteiger partial charge in [0.1, 0.15) is 0 Å². The Morgan fingerprint density at radius 2 is 2.22 bits per heavy atom. The van der Waals surface area contributed by atoms with Crippen LogP contribution in [-0.2, 0) is 0 Å². The first kappa shape index (κ1) is 8.92. The van der Waals surface area contributed by atoms with Gasteiger partial charge in [-0.3, -0.25) is 0 Å². The van der Waals surface area contributed by atoms with Gasteiger partial charge in [0, 0.05) is 16.2 Å². The highest BCUT2D eigenvalue weighted by Gasteiger charge is 2.21. The van der Waals surface area contributed by atoms with Gasteiger partial charge in [0.15, 0.2) is 0 Å². The van der Waals surface area contributed by atoms with Crippen LogP contribution in [0.1, 0.15) is 13.8 Å². The second-order valence-electron chi connectivity index (χ2n) is 2.70. The molecule has 0 aliphatic carbocycles. The normalized spacial score (nSPS) is 15.1. The quantitative estimate of drug-likeness (QED) is 0.462. The van der Waals surface area contributed by atoms with Crippen LogP contribution in [0.3, 0.4) is 0 Å². The molecular formula is C7H13OSi. The number of aliphatic hydroxyl groups is 1. The van der Waals surface area contributed by atoms with Crippen molar-refractivity contribution >= 4 is 10.2 Å². The molecule has 0 aromatic carbocycles. The lowest BCUT2D eigenvalue weighted by molar-refractivity contribution is 0.0445. The molecule has 0 saturated heterocycles. The topological polar surface area (TPSA) is 20.2 Å². The average molecular weight is 141 g/mol. The Kier molecular flexibility index (Phi) is 3.15. The van der Waals surface area contributed by atoms with Gasteiger partial charge >= 0.3 is 0 Å². The van der Waals surface area contributed by atoms with Crippen molar-refractivity contribution in [2.24, 2.45) is 5.92 Å². The SMILES string of the molecule is C=CC(C[Si])C(C)(C)O. The summed E-state index contributed by atoms with van der Waals surface area (Å²) in [4.78, 5) is 0. The molecule has 0 amide bonds. The van der Waals surface area contributed by atoms with E-state index in [1.54, 1.807) is 19.9 Å². The minimum atomic E-state index is -0.649. The summed E-state index contributed by atoms with van der Waals surface area (Å²) in [6.45, 7) is 7.16. The average Bonchev–Trinajstić information content (AvgIpc) is 1.65. The summed E-state index contributed by atoms with van der Waals surface area (Å²) < 4.78 is 0. The van der Waals surface area contributed by atoms with Crippen LogP contribution in [0, 0.1) is 5.92 Å². The molecule has 0 aromatic rings. The minimum absolute atomic E-state index is 0.133. The molecular weight excluding hydrogens is 128 g/mol. The molecule has 2 heteroatoms. The van der Waals surface area contributed by atoms with Crippen LogP contribution in [0.25, 0.3) is 0 Å². The molecule has 9 heavy (non-hydrogen) atoms. The van der Waals surface area contributed by atoms with Crippen LogP contribution in [0.4, 0.5) is 0 Å².